The number of carbonyl (C=O) groups is 1. The van der Waals surface area contributed by atoms with E-state index in [4.69, 9.17) is 4.74 Å². The lowest BCUT2D eigenvalue weighted by molar-refractivity contribution is -0.124. The zero-order chi connectivity index (χ0) is 18.7. The Bertz CT molecular complexity index is 788. The van der Waals surface area contributed by atoms with E-state index in [-0.39, 0.29) is 11.8 Å². The minimum atomic E-state index is 0.0357. The Labute approximate surface area is 155 Å². The highest BCUT2D eigenvalue weighted by atomic mass is 16.5. The van der Waals surface area contributed by atoms with Crippen molar-refractivity contribution in [3.8, 4) is 5.75 Å². The van der Waals surface area contributed by atoms with Gasteiger partial charge in [-0.25, -0.2) is 0 Å². The Morgan fingerprint density at radius 3 is 2.96 bits per heavy atom. The van der Waals surface area contributed by atoms with Crippen LogP contribution in [0.3, 0.4) is 0 Å². The molecule has 1 atom stereocenters. The third kappa shape index (κ3) is 3.76. The quantitative estimate of drug-likeness (QED) is 0.891. The molecule has 1 unspecified atom stereocenters. The van der Waals surface area contributed by atoms with Crippen molar-refractivity contribution < 1.29 is 9.53 Å². The summed E-state index contributed by atoms with van der Waals surface area (Å²) < 4.78 is 5.49. The van der Waals surface area contributed by atoms with Crippen molar-refractivity contribution >= 4 is 22.5 Å². The van der Waals surface area contributed by atoms with Gasteiger partial charge in [-0.15, -0.1) is 0 Å². The number of amides is 1. The van der Waals surface area contributed by atoms with Gasteiger partial charge < -0.3 is 15.0 Å². The molecule has 140 valence electrons. The van der Waals surface area contributed by atoms with Gasteiger partial charge in [0.2, 0.25) is 5.91 Å². The summed E-state index contributed by atoms with van der Waals surface area (Å²) in [5.41, 5.74) is 3.33. The van der Waals surface area contributed by atoms with E-state index in [1.807, 2.05) is 32.2 Å². The minimum absolute atomic E-state index is 0.0357. The first-order chi connectivity index (χ1) is 12.5. The Kier molecular flexibility index (Phi) is 5.64. The van der Waals surface area contributed by atoms with Crippen LogP contribution in [0.1, 0.15) is 32.3 Å². The number of benzene rings is 1. The van der Waals surface area contributed by atoms with E-state index in [1.165, 1.54) is 11.3 Å². The molecule has 2 aromatic rings. The molecule has 1 N–H and O–H groups in total. The van der Waals surface area contributed by atoms with Crippen molar-refractivity contribution in [2.24, 2.45) is 11.8 Å². The molecule has 0 spiro atoms. The third-order valence-corrected chi connectivity index (χ3v) is 5.16. The third-order valence-electron chi connectivity index (χ3n) is 5.16. The van der Waals surface area contributed by atoms with Gasteiger partial charge in [-0.1, -0.05) is 26.0 Å². The molecular weight excluding hydrogens is 326 g/mol. The summed E-state index contributed by atoms with van der Waals surface area (Å²) in [5.74, 6) is 1.45. The predicted octanol–water partition coefficient (Wildman–Crippen LogP) is 3.54. The molecule has 3 rings (SSSR count). The normalized spacial score (nSPS) is 17.6. The number of para-hydroxylation sites is 1. The smallest absolute Gasteiger partial charge is 0.222 e. The molecule has 0 bridgehead atoms. The van der Waals surface area contributed by atoms with Crippen LogP contribution >= 0.6 is 0 Å². The molecule has 1 aliphatic heterocycles. The highest BCUT2D eigenvalue weighted by Crippen LogP contribution is 2.35. The average molecular weight is 355 g/mol. The van der Waals surface area contributed by atoms with E-state index in [0.717, 1.165) is 49.1 Å². The zero-order valence-corrected chi connectivity index (χ0v) is 16.2. The highest BCUT2D eigenvalue weighted by molar-refractivity contribution is 5.96. The number of carbonyl (C=O) groups excluding carboxylic acids is 1. The molecule has 0 aliphatic carbocycles. The van der Waals surface area contributed by atoms with Crippen LogP contribution in [-0.2, 0) is 4.79 Å². The van der Waals surface area contributed by atoms with Gasteiger partial charge in [-0.2, -0.15) is 0 Å². The van der Waals surface area contributed by atoms with Gasteiger partial charge in [-0.3, -0.25) is 9.78 Å². The molecular formula is C21H29N3O2. The second-order valence-electron chi connectivity index (χ2n) is 7.50. The lowest BCUT2D eigenvalue weighted by atomic mass is 9.96. The largest absolute Gasteiger partial charge is 0.494 e. The Morgan fingerprint density at radius 2 is 2.23 bits per heavy atom. The number of anilines is 1. The van der Waals surface area contributed by atoms with Gasteiger partial charge in [0.1, 0.15) is 11.3 Å². The Morgan fingerprint density at radius 1 is 1.42 bits per heavy atom. The molecule has 26 heavy (non-hydrogen) atoms. The van der Waals surface area contributed by atoms with Crippen molar-refractivity contribution in [1.29, 1.82) is 0 Å². The fourth-order valence-electron chi connectivity index (χ4n) is 3.75. The summed E-state index contributed by atoms with van der Waals surface area (Å²) in [7, 11) is 1.68. The second kappa shape index (κ2) is 7.94. The number of methoxy groups -OCH3 is 1. The van der Waals surface area contributed by atoms with E-state index in [9.17, 15) is 4.79 Å². The van der Waals surface area contributed by atoms with Gasteiger partial charge in [0.05, 0.1) is 12.8 Å². The molecule has 1 saturated heterocycles. The number of fused-ring (bicyclic) bond motifs is 1. The molecule has 2 heterocycles. The summed E-state index contributed by atoms with van der Waals surface area (Å²) >= 11 is 0. The standard InChI is InChI=1S/C21H29N3O2/c1-14(2)21(25)23-12-16-7-6-10-24(13-16)20-15(3)11-22-19-17(20)8-5-9-18(19)26-4/h5,8-9,11,14,16H,6-7,10,12-13H2,1-4H3,(H,23,25). The van der Waals surface area contributed by atoms with Crippen LogP contribution in [-0.4, -0.2) is 37.6 Å². The van der Waals surface area contributed by atoms with Crippen LogP contribution in [0.4, 0.5) is 5.69 Å². The van der Waals surface area contributed by atoms with Gasteiger partial charge in [0.25, 0.3) is 0 Å². The van der Waals surface area contributed by atoms with Crippen molar-refractivity contribution in [3.63, 3.8) is 0 Å². The van der Waals surface area contributed by atoms with E-state index >= 15 is 0 Å². The fraction of sp³-hybridized carbons (Fsp3) is 0.524. The average Bonchev–Trinajstić information content (AvgIpc) is 2.65. The summed E-state index contributed by atoms with van der Waals surface area (Å²) in [6, 6.07) is 6.10. The number of rotatable bonds is 5. The van der Waals surface area contributed by atoms with Gasteiger partial charge in [-0.05, 0) is 37.3 Å². The molecule has 0 radical (unpaired) electrons. The predicted molar refractivity (Wildman–Crippen MR) is 106 cm³/mol. The maximum Gasteiger partial charge on any atom is 0.222 e. The number of aryl methyl sites for hydroxylation is 1. The first-order valence-corrected chi connectivity index (χ1v) is 9.46. The fourth-order valence-corrected chi connectivity index (χ4v) is 3.75. The molecule has 1 aromatic carbocycles. The molecule has 5 heteroatoms. The topological polar surface area (TPSA) is 54.5 Å². The van der Waals surface area contributed by atoms with Crippen LogP contribution in [0.25, 0.3) is 10.9 Å². The molecule has 1 aromatic heterocycles. The maximum atomic E-state index is 11.9. The van der Waals surface area contributed by atoms with Crippen molar-refractivity contribution in [1.82, 2.24) is 10.3 Å². The first kappa shape index (κ1) is 18.5. The Hall–Kier alpha value is -2.30. The number of nitrogens with zero attached hydrogens (tertiary/aromatic N) is 2. The van der Waals surface area contributed by atoms with Crippen molar-refractivity contribution in [2.75, 3.05) is 31.6 Å². The van der Waals surface area contributed by atoms with E-state index in [0.29, 0.717) is 5.92 Å². The summed E-state index contributed by atoms with van der Waals surface area (Å²) in [4.78, 5) is 18.9. The monoisotopic (exact) mass is 355 g/mol. The molecule has 5 nitrogen and oxygen atoms in total. The van der Waals surface area contributed by atoms with Crippen LogP contribution < -0.4 is 15.0 Å². The van der Waals surface area contributed by atoms with Crippen molar-refractivity contribution in [3.05, 3.63) is 30.0 Å². The van der Waals surface area contributed by atoms with Gasteiger partial charge in [0.15, 0.2) is 0 Å². The number of piperidine rings is 1. The lowest BCUT2D eigenvalue weighted by Gasteiger charge is -2.36. The number of pyridine rings is 1. The van der Waals surface area contributed by atoms with E-state index in [1.54, 1.807) is 7.11 Å². The first-order valence-electron chi connectivity index (χ1n) is 9.46. The van der Waals surface area contributed by atoms with E-state index < -0.39 is 0 Å². The minimum Gasteiger partial charge on any atom is -0.494 e. The second-order valence-corrected chi connectivity index (χ2v) is 7.50. The van der Waals surface area contributed by atoms with Crippen LogP contribution in [0.2, 0.25) is 0 Å². The lowest BCUT2D eigenvalue weighted by Crippen LogP contribution is -2.42. The molecule has 0 saturated carbocycles. The maximum absolute atomic E-state index is 11.9. The summed E-state index contributed by atoms with van der Waals surface area (Å²) in [6.45, 7) is 8.72. The van der Waals surface area contributed by atoms with Crippen LogP contribution in [0, 0.1) is 18.8 Å². The zero-order valence-electron chi connectivity index (χ0n) is 16.2. The van der Waals surface area contributed by atoms with Gasteiger partial charge in [0, 0.05) is 37.1 Å². The van der Waals surface area contributed by atoms with E-state index in [2.05, 4.69) is 28.2 Å². The number of ether oxygens (including phenoxy) is 1. The number of hydrogen-bond donors (Lipinski definition) is 1. The molecule has 1 amide bonds. The summed E-state index contributed by atoms with van der Waals surface area (Å²) in [5, 5.41) is 4.23. The molecule has 1 fully saturated rings. The highest BCUT2D eigenvalue weighted by Gasteiger charge is 2.24. The molecule has 1 aliphatic rings. The van der Waals surface area contributed by atoms with Crippen LogP contribution in [0.15, 0.2) is 24.4 Å². The van der Waals surface area contributed by atoms with Crippen LogP contribution in [0.5, 0.6) is 5.75 Å². The number of nitrogens with one attached hydrogen (secondary N) is 1. The Balaban J connectivity index is 1.84. The van der Waals surface area contributed by atoms with Crippen molar-refractivity contribution in [2.45, 2.75) is 33.6 Å². The summed E-state index contributed by atoms with van der Waals surface area (Å²) in [6.07, 6.45) is 4.22. The number of aromatic nitrogens is 1. The number of hydrogen-bond acceptors (Lipinski definition) is 4. The SMILES string of the molecule is COc1cccc2c(N3CCCC(CNC(=O)C(C)C)C3)c(C)cnc12. The van der Waals surface area contributed by atoms with Gasteiger partial charge >= 0.3 is 0 Å².